The van der Waals surface area contributed by atoms with Gasteiger partial charge < -0.3 is 10.3 Å². The molecule has 0 atom stereocenters. The fraction of sp³-hybridized carbons (Fsp3) is 0.176. The van der Waals surface area contributed by atoms with Crippen LogP contribution >= 0.6 is 22.9 Å². The summed E-state index contributed by atoms with van der Waals surface area (Å²) in [4.78, 5) is 19.5. The normalized spacial score (nSPS) is 10.7. The monoisotopic (exact) mass is 345 g/mol. The molecule has 2 heterocycles. The van der Waals surface area contributed by atoms with Crippen molar-refractivity contribution in [1.29, 1.82) is 0 Å². The smallest absolute Gasteiger partial charge is 0.226 e. The maximum absolute atomic E-state index is 11.9. The number of amides is 1. The first-order chi connectivity index (χ1) is 11.2. The number of rotatable bonds is 6. The van der Waals surface area contributed by atoms with Gasteiger partial charge in [-0.05, 0) is 29.8 Å². The van der Waals surface area contributed by atoms with E-state index in [9.17, 15) is 4.79 Å². The second-order valence-corrected chi connectivity index (χ2v) is 6.57. The number of nitrogens with one attached hydrogen (secondary N) is 2. The molecule has 118 valence electrons. The maximum atomic E-state index is 11.9. The number of carbonyl (C=O) groups is 1. The Morgan fingerprint density at radius 2 is 2.22 bits per heavy atom. The number of carbonyl (C=O) groups excluding carboxylic acids is 1. The molecule has 0 bridgehead atoms. The Balaban J connectivity index is 1.53. The van der Waals surface area contributed by atoms with Crippen LogP contribution in [0.15, 0.2) is 48.0 Å². The largest absolute Gasteiger partial charge is 0.364 e. The molecule has 1 amide bonds. The lowest BCUT2D eigenvalue weighted by Crippen LogP contribution is -2.24. The van der Waals surface area contributed by atoms with Gasteiger partial charge in [-0.2, -0.15) is 0 Å². The van der Waals surface area contributed by atoms with Crippen LogP contribution in [0.3, 0.4) is 0 Å². The molecule has 1 aromatic carbocycles. The number of halogens is 1. The first kappa shape index (κ1) is 15.8. The van der Waals surface area contributed by atoms with Gasteiger partial charge in [-0.15, -0.1) is 11.3 Å². The Morgan fingerprint density at radius 3 is 3.00 bits per heavy atom. The van der Waals surface area contributed by atoms with Crippen LogP contribution in [0.2, 0.25) is 5.02 Å². The van der Waals surface area contributed by atoms with Gasteiger partial charge in [0.2, 0.25) is 5.91 Å². The number of H-pyrrole nitrogens is 1. The van der Waals surface area contributed by atoms with E-state index < -0.39 is 0 Å². The zero-order valence-corrected chi connectivity index (χ0v) is 14.0. The zero-order chi connectivity index (χ0) is 16.1. The number of aromatic amines is 1. The molecule has 0 unspecified atom stereocenters. The lowest BCUT2D eigenvalue weighted by molar-refractivity contribution is -0.120. The van der Waals surface area contributed by atoms with Gasteiger partial charge in [-0.1, -0.05) is 23.7 Å². The maximum Gasteiger partial charge on any atom is 0.226 e. The quantitative estimate of drug-likeness (QED) is 0.717. The number of benzene rings is 1. The number of aromatic nitrogens is 2. The summed E-state index contributed by atoms with van der Waals surface area (Å²) in [5.74, 6) is -0.0285. The molecule has 3 rings (SSSR count). The van der Waals surface area contributed by atoms with Crippen molar-refractivity contribution in [1.82, 2.24) is 15.3 Å². The number of thiazole rings is 1. The summed E-state index contributed by atoms with van der Waals surface area (Å²) in [7, 11) is 0. The lowest BCUT2D eigenvalue weighted by atomic mass is 10.2. The summed E-state index contributed by atoms with van der Waals surface area (Å²) in [5.41, 5.74) is 2.91. The molecule has 0 radical (unpaired) electrons. The fourth-order valence-electron chi connectivity index (χ4n) is 2.23. The van der Waals surface area contributed by atoms with E-state index in [-0.39, 0.29) is 5.91 Å². The third kappa shape index (κ3) is 4.68. The molecule has 0 saturated carbocycles. The molecule has 0 aliphatic heterocycles. The molecule has 0 aliphatic carbocycles. The molecule has 0 aliphatic rings. The zero-order valence-electron chi connectivity index (χ0n) is 12.4. The van der Waals surface area contributed by atoms with Gasteiger partial charge in [-0.3, -0.25) is 4.79 Å². The van der Waals surface area contributed by atoms with Gasteiger partial charge >= 0.3 is 0 Å². The fourth-order valence-corrected chi connectivity index (χ4v) is 3.27. The third-order valence-corrected chi connectivity index (χ3v) is 4.46. The predicted molar refractivity (Wildman–Crippen MR) is 92.7 cm³/mol. The summed E-state index contributed by atoms with van der Waals surface area (Å²) in [6, 6.07) is 11.6. The summed E-state index contributed by atoms with van der Waals surface area (Å²) >= 11 is 7.56. The molecule has 4 nitrogen and oxygen atoms in total. The van der Waals surface area contributed by atoms with Gasteiger partial charge in [0, 0.05) is 28.7 Å². The van der Waals surface area contributed by atoms with Crippen LogP contribution in [0.25, 0.3) is 0 Å². The minimum atomic E-state index is -0.0285. The SMILES string of the molecule is O=C(Cc1csc(Cc2cccc(Cl)c2)n1)NCc1ccc[nH]1. The van der Waals surface area contributed by atoms with E-state index in [0.29, 0.717) is 13.0 Å². The van der Waals surface area contributed by atoms with Gasteiger partial charge in [0.05, 0.1) is 23.7 Å². The average Bonchev–Trinajstić information content (AvgIpc) is 3.17. The topological polar surface area (TPSA) is 57.8 Å². The van der Waals surface area contributed by atoms with Crippen LogP contribution in [-0.4, -0.2) is 15.9 Å². The van der Waals surface area contributed by atoms with Crippen molar-refractivity contribution >= 4 is 28.8 Å². The molecule has 2 aromatic heterocycles. The first-order valence-electron chi connectivity index (χ1n) is 7.26. The second-order valence-electron chi connectivity index (χ2n) is 5.19. The Morgan fingerprint density at radius 1 is 1.30 bits per heavy atom. The molecule has 2 N–H and O–H groups in total. The molecule has 0 fully saturated rings. The van der Waals surface area contributed by atoms with Crippen molar-refractivity contribution in [2.45, 2.75) is 19.4 Å². The van der Waals surface area contributed by atoms with Crippen LogP contribution in [0.4, 0.5) is 0 Å². The van der Waals surface area contributed by atoms with Crippen LogP contribution in [0.1, 0.15) is 22.0 Å². The standard InChI is InChI=1S/C17H16ClN3OS/c18-13-4-1-3-12(7-13)8-17-21-15(11-23-17)9-16(22)20-10-14-5-2-6-19-14/h1-7,11,19H,8-10H2,(H,20,22). The minimum absolute atomic E-state index is 0.0285. The van der Waals surface area contributed by atoms with Gasteiger partial charge in [0.1, 0.15) is 0 Å². The molecular formula is C17H16ClN3OS. The van der Waals surface area contributed by atoms with E-state index >= 15 is 0 Å². The Bertz CT molecular complexity index is 783. The van der Waals surface area contributed by atoms with E-state index in [1.807, 2.05) is 48.0 Å². The van der Waals surface area contributed by atoms with Crippen molar-refractivity contribution in [3.05, 3.63) is 75.0 Å². The third-order valence-electron chi connectivity index (χ3n) is 3.32. The summed E-state index contributed by atoms with van der Waals surface area (Å²) in [6.45, 7) is 0.505. The second kappa shape index (κ2) is 7.44. The highest BCUT2D eigenvalue weighted by Gasteiger charge is 2.08. The van der Waals surface area contributed by atoms with Crippen LogP contribution in [0.5, 0.6) is 0 Å². The average molecular weight is 346 g/mol. The minimum Gasteiger partial charge on any atom is -0.364 e. The Labute approximate surface area is 143 Å². The Kier molecular flexibility index (Phi) is 5.10. The molecule has 0 spiro atoms. The van der Waals surface area contributed by atoms with Crippen molar-refractivity contribution in [3.63, 3.8) is 0 Å². The highest BCUT2D eigenvalue weighted by molar-refractivity contribution is 7.09. The highest BCUT2D eigenvalue weighted by Crippen LogP contribution is 2.18. The van der Waals surface area contributed by atoms with Crippen LogP contribution in [0, 0.1) is 0 Å². The highest BCUT2D eigenvalue weighted by atomic mass is 35.5. The molecule has 6 heteroatoms. The van der Waals surface area contributed by atoms with Gasteiger partial charge in [0.25, 0.3) is 0 Å². The number of hydrogen-bond acceptors (Lipinski definition) is 3. The lowest BCUT2D eigenvalue weighted by Gasteiger charge is -2.02. The van der Waals surface area contributed by atoms with Crippen molar-refractivity contribution in [3.8, 4) is 0 Å². The molecular weight excluding hydrogens is 330 g/mol. The van der Waals surface area contributed by atoms with Crippen molar-refractivity contribution in [2.75, 3.05) is 0 Å². The molecule has 0 saturated heterocycles. The number of nitrogens with zero attached hydrogens (tertiary/aromatic N) is 1. The van der Waals surface area contributed by atoms with Gasteiger partial charge in [-0.25, -0.2) is 4.98 Å². The van der Waals surface area contributed by atoms with Crippen molar-refractivity contribution in [2.24, 2.45) is 0 Å². The van der Waals surface area contributed by atoms with E-state index in [1.165, 1.54) is 0 Å². The summed E-state index contributed by atoms with van der Waals surface area (Å²) in [5, 5.41) is 6.53. The first-order valence-corrected chi connectivity index (χ1v) is 8.51. The summed E-state index contributed by atoms with van der Waals surface area (Å²) in [6.07, 6.45) is 2.87. The van der Waals surface area contributed by atoms with Crippen molar-refractivity contribution < 1.29 is 4.79 Å². The summed E-state index contributed by atoms with van der Waals surface area (Å²) < 4.78 is 0. The number of hydrogen-bond donors (Lipinski definition) is 2. The predicted octanol–water partition coefficient (Wildman–Crippen LogP) is 3.57. The van der Waals surface area contributed by atoms with E-state index in [2.05, 4.69) is 15.3 Å². The molecule has 3 aromatic rings. The van der Waals surface area contributed by atoms with E-state index in [4.69, 9.17) is 11.6 Å². The van der Waals surface area contributed by atoms with Gasteiger partial charge in [0.15, 0.2) is 0 Å². The van der Waals surface area contributed by atoms with Crippen LogP contribution < -0.4 is 5.32 Å². The van der Waals surface area contributed by atoms with Crippen LogP contribution in [-0.2, 0) is 24.2 Å². The Hall–Kier alpha value is -2.11. The van der Waals surface area contributed by atoms with E-state index in [0.717, 1.165) is 33.4 Å². The van der Waals surface area contributed by atoms with E-state index in [1.54, 1.807) is 11.3 Å². The molecule has 23 heavy (non-hydrogen) atoms.